The second-order valence-electron chi connectivity index (χ2n) is 8.72. The van der Waals surface area contributed by atoms with Crippen LogP contribution in [-0.4, -0.2) is 47.6 Å². The van der Waals surface area contributed by atoms with E-state index in [2.05, 4.69) is 10.1 Å². The summed E-state index contributed by atoms with van der Waals surface area (Å²) in [6.45, 7) is 2.25. The van der Waals surface area contributed by atoms with Gasteiger partial charge in [0.2, 0.25) is 5.91 Å². The predicted octanol–water partition coefficient (Wildman–Crippen LogP) is 1.24. The maximum Gasteiger partial charge on any atom is 0.261 e. The first-order valence-electron chi connectivity index (χ1n) is 10.9. The van der Waals surface area contributed by atoms with E-state index in [4.69, 9.17) is 0 Å². The summed E-state index contributed by atoms with van der Waals surface area (Å²) in [5.74, 6) is 0.515. The fraction of sp³-hybridized carbons (Fsp3) is 0.348. The number of amides is 1. The molecule has 2 bridgehead atoms. The van der Waals surface area contributed by atoms with Gasteiger partial charge in [-0.25, -0.2) is 9.50 Å². The van der Waals surface area contributed by atoms with Crippen LogP contribution in [0.4, 0.5) is 0 Å². The quantitative estimate of drug-likeness (QED) is 0.488. The standard InChI is InChI=1S/C23H22N6O3/c30-21(27-12-15-10-16(14-27)18-2-1-3-22(31)28(18)13-15)6-9-26-8-5-19-17(23(26)32)11-24-20-4-7-25-29(19)20/h1-5,7-8,11,15-16H,6,9-10,12-14H2. The molecule has 9 heteroatoms. The van der Waals surface area contributed by atoms with E-state index >= 15 is 0 Å². The maximum absolute atomic E-state index is 13.0. The first-order valence-corrected chi connectivity index (χ1v) is 10.9. The van der Waals surface area contributed by atoms with E-state index in [9.17, 15) is 14.4 Å². The minimum Gasteiger partial charge on any atom is -0.342 e. The van der Waals surface area contributed by atoms with E-state index in [-0.39, 0.29) is 35.3 Å². The van der Waals surface area contributed by atoms with E-state index in [0.717, 1.165) is 12.1 Å². The molecule has 6 rings (SSSR count). The number of hydrogen-bond donors (Lipinski definition) is 0. The van der Waals surface area contributed by atoms with Crippen molar-refractivity contribution in [1.82, 2.24) is 28.6 Å². The Kier molecular flexibility index (Phi) is 4.24. The zero-order chi connectivity index (χ0) is 21.8. The molecular weight excluding hydrogens is 408 g/mol. The Balaban J connectivity index is 1.20. The lowest BCUT2D eigenvalue weighted by Gasteiger charge is -2.42. The molecule has 6 heterocycles. The Bertz CT molecular complexity index is 1480. The molecule has 0 spiro atoms. The van der Waals surface area contributed by atoms with Crippen molar-refractivity contribution in [2.45, 2.75) is 31.8 Å². The number of pyridine rings is 2. The second-order valence-corrected chi connectivity index (χ2v) is 8.72. The third-order valence-corrected chi connectivity index (χ3v) is 6.76. The highest BCUT2D eigenvalue weighted by Gasteiger charge is 2.36. The highest BCUT2D eigenvalue weighted by Crippen LogP contribution is 2.35. The maximum atomic E-state index is 13.0. The van der Waals surface area contributed by atoms with E-state index in [0.29, 0.717) is 42.7 Å². The Morgan fingerprint density at radius 1 is 1.09 bits per heavy atom. The molecule has 1 saturated heterocycles. The minimum absolute atomic E-state index is 0.0366. The third-order valence-electron chi connectivity index (χ3n) is 6.76. The van der Waals surface area contributed by atoms with Crippen LogP contribution in [0.3, 0.4) is 0 Å². The Hall–Kier alpha value is -3.75. The lowest BCUT2D eigenvalue weighted by Crippen LogP contribution is -2.49. The molecule has 2 unspecified atom stereocenters. The van der Waals surface area contributed by atoms with Crippen LogP contribution in [0, 0.1) is 5.92 Å². The van der Waals surface area contributed by atoms with Crippen LogP contribution in [0.1, 0.15) is 24.5 Å². The topological polar surface area (TPSA) is 94.5 Å². The average molecular weight is 430 g/mol. The van der Waals surface area contributed by atoms with E-state index in [1.165, 1.54) is 0 Å². The first kappa shape index (κ1) is 19.0. The van der Waals surface area contributed by atoms with Gasteiger partial charge in [0, 0.05) is 68.7 Å². The van der Waals surface area contributed by atoms with E-state index in [1.807, 2.05) is 21.6 Å². The zero-order valence-electron chi connectivity index (χ0n) is 17.4. The van der Waals surface area contributed by atoms with Crippen LogP contribution in [-0.2, 0) is 17.9 Å². The van der Waals surface area contributed by atoms with Crippen LogP contribution in [0.15, 0.2) is 58.5 Å². The van der Waals surface area contributed by atoms with Crippen LogP contribution < -0.4 is 11.1 Å². The Morgan fingerprint density at radius 3 is 2.91 bits per heavy atom. The molecule has 0 aliphatic carbocycles. The third kappa shape index (κ3) is 2.96. The molecule has 2 aliphatic rings. The van der Waals surface area contributed by atoms with Gasteiger partial charge >= 0.3 is 0 Å². The van der Waals surface area contributed by atoms with Gasteiger partial charge in [-0.2, -0.15) is 5.10 Å². The molecule has 4 aromatic rings. The van der Waals surface area contributed by atoms with Crippen LogP contribution in [0.2, 0.25) is 0 Å². The van der Waals surface area contributed by atoms with Gasteiger partial charge in [0.25, 0.3) is 11.1 Å². The minimum atomic E-state index is -0.177. The fourth-order valence-electron chi connectivity index (χ4n) is 5.25. The molecular formula is C23H22N6O3. The molecule has 9 nitrogen and oxygen atoms in total. The fourth-order valence-corrected chi connectivity index (χ4v) is 5.25. The lowest BCUT2D eigenvalue weighted by atomic mass is 9.83. The number of piperidine rings is 1. The number of likely N-dealkylation sites (tertiary alicyclic amines) is 1. The van der Waals surface area contributed by atoms with Gasteiger partial charge in [-0.15, -0.1) is 0 Å². The molecule has 2 atom stereocenters. The number of nitrogens with zero attached hydrogens (tertiary/aromatic N) is 6. The molecule has 0 aromatic carbocycles. The van der Waals surface area contributed by atoms with Crippen molar-refractivity contribution in [3.05, 3.63) is 75.3 Å². The molecule has 32 heavy (non-hydrogen) atoms. The van der Waals surface area contributed by atoms with Crippen molar-refractivity contribution in [2.24, 2.45) is 5.92 Å². The average Bonchev–Trinajstić information content (AvgIpc) is 3.28. The summed E-state index contributed by atoms with van der Waals surface area (Å²) in [6.07, 6.45) is 6.19. The molecule has 162 valence electrons. The van der Waals surface area contributed by atoms with Gasteiger partial charge in [-0.3, -0.25) is 14.4 Å². The predicted molar refractivity (Wildman–Crippen MR) is 118 cm³/mol. The Labute approximate surface area is 182 Å². The molecule has 0 N–H and O–H groups in total. The molecule has 4 aromatic heterocycles. The van der Waals surface area contributed by atoms with Gasteiger partial charge < -0.3 is 14.0 Å². The first-order chi connectivity index (χ1) is 15.6. The van der Waals surface area contributed by atoms with Crippen molar-refractivity contribution < 1.29 is 4.79 Å². The van der Waals surface area contributed by atoms with Crippen LogP contribution in [0.25, 0.3) is 16.6 Å². The summed E-state index contributed by atoms with van der Waals surface area (Å²) in [7, 11) is 0. The van der Waals surface area contributed by atoms with Gasteiger partial charge in [0.15, 0.2) is 5.65 Å². The van der Waals surface area contributed by atoms with E-state index in [1.54, 1.807) is 45.9 Å². The summed E-state index contributed by atoms with van der Waals surface area (Å²) in [6, 6.07) is 9.01. The van der Waals surface area contributed by atoms with Crippen LogP contribution >= 0.6 is 0 Å². The number of hydrogen-bond acceptors (Lipinski definition) is 5. The van der Waals surface area contributed by atoms with Gasteiger partial charge in [0.05, 0.1) is 17.1 Å². The highest BCUT2D eigenvalue weighted by molar-refractivity contribution is 5.79. The van der Waals surface area contributed by atoms with Gasteiger partial charge in [-0.1, -0.05) is 6.07 Å². The van der Waals surface area contributed by atoms with Crippen molar-refractivity contribution in [1.29, 1.82) is 0 Å². The normalized spacial score (nSPS) is 19.9. The molecule has 2 aliphatic heterocycles. The number of aryl methyl sites for hydroxylation is 1. The summed E-state index contributed by atoms with van der Waals surface area (Å²) < 4.78 is 5.07. The number of aromatic nitrogens is 5. The molecule has 1 amide bonds. The van der Waals surface area contributed by atoms with Crippen molar-refractivity contribution in [3.8, 4) is 0 Å². The van der Waals surface area contributed by atoms with Crippen molar-refractivity contribution in [3.63, 3.8) is 0 Å². The summed E-state index contributed by atoms with van der Waals surface area (Å²) in [4.78, 5) is 44.3. The molecule has 0 radical (unpaired) electrons. The van der Waals surface area contributed by atoms with E-state index < -0.39 is 0 Å². The number of carbonyl (C=O) groups is 1. The smallest absolute Gasteiger partial charge is 0.261 e. The zero-order valence-corrected chi connectivity index (χ0v) is 17.4. The van der Waals surface area contributed by atoms with Crippen LogP contribution in [0.5, 0.6) is 0 Å². The number of carbonyl (C=O) groups excluding carboxylic acids is 1. The Morgan fingerprint density at radius 2 is 2.00 bits per heavy atom. The number of fused-ring (bicyclic) bond motifs is 7. The largest absolute Gasteiger partial charge is 0.342 e. The second kappa shape index (κ2) is 7.15. The number of rotatable bonds is 3. The van der Waals surface area contributed by atoms with Gasteiger partial charge in [-0.05, 0) is 24.5 Å². The van der Waals surface area contributed by atoms with Crippen molar-refractivity contribution in [2.75, 3.05) is 13.1 Å². The molecule has 1 fully saturated rings. The van der Waals surface area contributed by atoms with Crippen molar-refractivity contribution >= 4 is 22.5 Å². The lowest BCUT2D eigenvalue weighted by molar-refractivity contribution is -0.134. The summed E-state index contributed by atoms with van der Waals surface area (Å²) in [5, 5.41) is 4.70. The highest BCUT2D eigenvalue weighted by atomic mass is 16.2. The SMILES string of the molecule is O=C(CCn1ccc2c(cnc3ccnn32)c1=O)N1CC2CC(C1)c1cccc(=O)n1C2. The summed E-state index contributed by atoms with van der Waals surface area (Å²) in [5.41, 5.74) is 2.27. The van der Waals surface area contributed by atoms with Gasteiger partial charge in [0.1, 0.15) is 0 Å². The monoisotopic (exact) mass is 430 g/mol. The summed E-state index contributed by atoms with van der Waals surface area (Å²) >= 11 is 0. The molecule has 0 saturated carbocycles.